The van der Waals surface area contributed by atoms with Crippen molar-refractivity contribution < 1.29 is 14.3 Å². The minimum absolute atomic E-state index is 0.0227. The van der Waals surface area contributed by atoms with Crippen LogP contribution >= 0.6 is 0 Å². The lowest BCUT2D eigenvalue weighted by atomic mass is 9.98. The van der Waals surface area contributed by atoms with E-state index in [0.717, 1.165) is 6.29 Å². The smallest absolute Gasteiger partial charge is 0.407 e. The van der Waals surface area contributed by atoms with Crippen LogP contribution in [-0.4, -0.2) is 30.5 Å². The molecule has 1 aliphatic rings. The van der Waals surface area contributed by atoms with Crippen molar-refractivity contribution in [2.45, 2.75) is 5.92 Å². The highest BCUT2D eigenvalue weighted by molar-refractivity contribution is 5.79. The molecule has 0 aliphatic heterocycles. The first kappa shape index (κ1) is 18.5. The summed E-state index contributed by atoms with van der Waals surface area (Å²) in [5, 5.41) is 2.62. The Bertz CT molecular complexity index is 1080. The van der Waals surface area contributed by atoms with E-state index >= 15 is 0 Å². The third-order valence-corrected chi connectivity index (χ3v) is 4.80. The fourth-order valence-corrected chi connectivity index (χ4v) is 3.49. The van der Waals surface area contributed by atoms with E-state index in [1.165, 1.54) is 28.5 Å². The van der Waals surface area contributed by atoms with Gasteiger partial charge in [0.2, 0.25) is 0 Å². The lowest BCUT2D eigenvalue weighted by Gasteiger charge is -2.14. The number of nitrogens with zero attached hydrogens (tertiary/aromatic N) is 1. The summed E-state index contributed by atoms with van der Waals surface area (Å²) in [7, 11) is 0. The first-order valence-electron chi connectivity index (χ1n) is 9.25. The number of benzene rings is 2. The molecule has 0 saturated heterocycles. The zero-order valence-electron chi connectivity index (χ0n) is 15.6. The van der Waals surface area contributed by atoms with Crippen LogP contribution in [0.15, 0.2) is 66.9 Å². The molecule has 0 fully saturated rings. The van der Waals surface area contributed by atoms with Crippen molar-refractivity contribution in [3.8, 4) is 23.0 Å². The molecule has 29 heavy (non-hydrogen) atoms. The monoisotopic (exact) mass is 382 g/mol. The molecule has 0 spiro atoms. The minimum atomic E-state index is -0.518. The van der Waals surface area contributed by atoms with Gasteiger partial charge >= 0.3 is 6.09 Å². The third-order valence-electron chi connectivity index (χ3n) is 4.80. The number of amides is 1. The zero-order chi connectivity index (χ0) is 20.1. The maximum absolute atomic E-state index is 12.1. The maximum atomic E-state index is 12.1. The second kappa shape index (κ2) is 8.41. The molecule has 1 aromatic heterocycles. The van der Waals surface area contributed by atoms with Crippen molar-refractivity contribution in [3.63, 3.8) is 0 Å². The van der Waals surface area contributed by atoms with E-state index < -0.39 is 6.09 Å². The molecule has 1 aliphatic carbocycles. The summed E-state index contributed by atoms with van der Waals surface area (Å²) >= 11 is 0. The highest BCUT2D eigenvalue weighted by Gasteiger charge is 2.28. The Morgan fingerprint density at radius 1 is 1.07 bits per heavy atom. The molecule has 5 nitrogen and oxygen atoms in total. The van der Waals surface area contributed by atoms with Crippen molar-refractivity contribution in [1.82, 2.24) is 10.3 Å². The highest BCUT2D eigenvalue weighted by atomic mass is 16.5. The third kappa shape index (κ3) is 4.02. The van der Waals surface area contributed by atoms with Crippen LogP contribution in [0.4, 0.5) is 4.79 Å². The summed E-state index contributed by atoms with van der Waals surface area (Å²) in [6, 6.07) is 19.6. The number of fused-ring (bicyclic) bond motifs is 3. The van der Waals surface area contributed by atoms with Crippen LogP contribution in [0.25, 0.3) is 11.1 Å². The molecule has 5 heteroatoms. The molecule has 0 saturated carbocycles. The molecule has 0 radical (unpaired) electrons. The van der Waals surface area contributed by atoms with Crippen LogP contribution in [0.2, 0.25) is 0 Å². The summed E-state index contributed by atoms with van der Waals surface area (Å²) in [6.07, 6.45) is 1.74. The van der Waals surface area contributed by atoms with Gasteiger partial charge in [0.1, 0.15) is 18.6 Å². The van der Waals surface area contributed by atoms with E-state index in [9.17, 15) is 9.59 Å². The largest absolute Gasteiger partial charge is 0.449 e. The molecule has 1 amide bonds. The van der Waals surface area contributed by atoms with E-state index in [2.05, 4.69) is 46.4 Å². The van der Waals surface area contributed by atoms with Gasteiger partial charge in [-0.25, -0.2) is 9.78 Å². The molecule has 2 aromatic carbocycles. The summed E-state index contributed by atoms with van der Waals surface area (Å²) in [4.78, 5) is 26.9. The van der Waals surface area contributed by atoms with E-state index in [0.29, 0.717) is 11.3 Å². The number of hydrogen-bond acceptors (Lipinski definition) is 4. The van der Waals surface area contributed by atoms with E-state index in [-0.39, 0.29) is 19.1 Å². The van der Waals surface area contributed by atoms with Gasteiger partial charge in [0, 0.05) is 17.7 Å². The predicted molar refractivity (Wildman–Crippen MR) is 110 cm³/mol. The summed E-state index contributed by atoms with van der Waals surface area (Å²) in [5.41, 5.74) is 5.70. The number of hydrogen-bond donors (Lipinski definition) is 1. The van der Waals surface area contributed by atoms with Gasteiger partial charge in [-0.1, -0.05) is 54.5 Å². The molecule has 1 heterocycles. The topological polar surface area (TPSA) is 68.3 Å². The van der Waals surface area contributed by atoms with Crippen molar-refractivity contribution in [3.05, 3.63) is 89.2 Å². The van der Waals surface area contributed by atoms with Crippen LogP contribution < -0.4 is 5.32 Å². The summed E-state index contributed by atoms with van der Waals surface area (Å²) in [6.45, 7) is 0.389. The zero-order valence-corrected chi connectivity index (χ0v) is 15.6. The summed E-state index contributed by atoms with van der Waals surface area (Å²) in [5.74, 6) is 5.63. The Balaban J connectivity index is 1.35. The average molecular weight is 382 g/mol. The second-order valence-electron chi connectivity index (χ2n) is 6.57. The number of rotatable bonds is 4. The van der Waals surface area contributed by atoms with Gasteiger partial charge in [0.05, 0.1) is 6.54 Å². The van der Waals surface area contributed by atoms with Crippen LogP contribution in [-0.2, 0) is 4.74 Å². The van der Waals surface area contributed by atoms with E-state index in [1.807, 2.05) is 24.3 Å². The first-order valence-corrected chi connectivity index (χ1v) is 9.25. The Morgan fingerprint density at radius 3 is 2.45 bits per heavy atom. The molecular weight excluding hydrogens is 364 g/mol. The minimum Gasteiger partial charge on any atom is -0.449 e. The highest BCUT2D eigenvalue weighted by Crippen LogP contribution is 2.44. The van der Waals surface area contributed by atoms with Gasteiger partial charge < -0.3 is 10.1 Å². The van der Waals surface area contributed by atoms with Crippen molar-refractivity contribution in [2.75, 3.05) is 13.2 Å². The molecule has 0 bridgehead atoms. The lowest BCUT2D eigenvalue weighted by molar-refractivity contribution is 0.112. The number of aromatic nitrogens is 1. The van der Waals surface area contributed by atoms with Crippen molar-refractivity contribution in [1.29, 1.82) is 0 Å². The second-order valence-corrected chi connectivity index (χ2v) is 6.57. The van der Waals surface area contributed by atoms with Crippen LogP contribution in [0, 0.1) is 11.8 Å². The molecule has 0 unspecified atom stereocenters. The molecular formula is C24H18N2O3. The number of aldehydes is 1. The van der Waals surface area contributed by atoms with E-state index in [4.69, 9.17) is 4.74 Å². The van der Waals surface area contributed by atoms with Gasteiger partial charge in [0.25, 0.3) is 0 Å². The Labute approximate surface area is 168 Å². The normalized spacial score (nSPS) is 11.6. The van der Waals surface area contributed by atoms with Gasteiger partial charge in [0.15, 0.2) is 0 Å². The average Bonchev–Trinajstić information content (AvgIpc) is 3.09. The van der Waals surface area contributed by atoms with Crippen molar-refractivity contribution in [2.24, 2.45) is 0 Å². The Kier molecular flexibility index (Phi) is 5.35. The predicted octanol–water partition coefficient (Wildman–Crippen LogP) is 3.78. The van der Waals surface area contributed by atoms with E-state index in [1.54, 1.807) is 12.1 Å². The van der Waals surface area contributed by atoms with Crippen molar-refractivity contribution >= 4 is 12.4 Å². The SMILES string of the molecule is O=Cc1ccnc(C#CCNC(=O)OCC2c3ccccc3-c3ccccc32)c1. The maximum Gasteiger partial charge on any atom is 0.407 e. The lowest BCUT2D eigenvalue weighted by Crippen LogP contribution is -2.26. The molecule has 0 atom stereocenters. The number of alkyl carbamates (subject to hydrolysis) is 1. The number of ether oxygens (including phenoxy) is 1. The Hall–Kier alpha value is -3.91. The molecule has 4 rings (SSSR count). The van der Waals surface area contributed by atoms with Gasteiger partial charge in [-0.2, -0.15) is 0 Å². The number of pyridine rings is 1. The summed E-state index contributed by atoms with van der Waals surface area (Å²) < 4.78 is 5.45. The molecule has 1 N–H and O–H groups in total. The number of carbonyl (C=O) groups excluding carboxylic acids is 2. The number of nitrogens with one attached hydrogen (secondary N) is 1. The van der Waals surface area contributed by atoms with Gasteiger partial charge in [-0.3, -0.25) is 4.79 Å². The Morgan fingerprint density at radius 2 is 1.76 bits per heavy atom. The molecule has 142 valence electrons. The van der Waals surface area contributed by atoms with Gasteiger partial charge in [-0.05, 0) is 40.3 Å². The number of carbonyl (C=O) groups is 2. The first-order chi connectivity index (χ1) is 14.3. The van der Waals surface area contributed by atoms with Crippen LogP contribution in [0.5, 0.6) is 0 Å². The fraction of sp³-hybridized carbons (Fsp3) is 0.125. The quantitative estimate of drug-likeness (QED) is 0.551. The molecule has 3 aromatic rings. The van der Waals surface area contributed by atoms with Crippen LogP contribution in [0.3, 0.4) is 0 Å². The van der Waals surface area contributed by atoms with Gasteiger partial charge in [-0.15, -0.1) is 0 Å². The standard InChI is InChI=1S/C24H18N2O3/c27-15-17-11-13-25-18(14-17)6-5-12-26-24(28)29-16-23-21-9-3-1-7-19(21)20-8-2-4-10-22(20)23/h1-4,7-11,13-15,23H,12,16H2,(H,26,28). The fourth-order valence-electron chi connectivity index (χ4n) is 3.49. The van der Waals surface area contributed by atoms with Crippen LogP contribution in [0.1, 0.15) is 33.1 Å².